The molecule has 0 aromatic heterocycles. The summed E-state index contributed by atoms with van der Waals surface area (Å²) in [5, 5.41) is 11.9. The third-order valence-electron chi connectivity index (χ3n) is 4.39. The molecular formula is C16H20N2O6S. The van der Waals surface area contributed by atoms with E-state index in [2.05, 4.69) is 5.32 Å². The van der Waals surface area contributed by atoms with Gasteiger partial charge in [-0.05, 0) is 29.7 Å². The van der Waals surface area contributed by atoms with E-state index in [0.29, 0.717) is 31.6 Å². The number of ether oxygens (including phenoxy) is 1. The van der Waals surface area contributed by atoms with Crippen molar-refractivity contribution in [1.29, 1.82) is 0 Å². The fourth-order valence-corrected chi connectivity index (χ4v) is 4.60. The van der Waals surface area contributed by atoms with Gasteiger partial charge in [0.2, 0.25) is 15.9 Å². The van der Waals surface area contributed by atoms with Crippen LogP contribution >= 0.6 is 0 Å². The second kappa shape index (κ2) is 7.01. The van der Waals surface area contributed by atoms with Crippen molar-refractivity contribution < 1.29 is 27.9 Å². The molecule has 0 radical (unpaired) electrons. The highest BCUT2D eigenvalue weighted by molar-refractivity contribution is 7.89. The highest BCUT2D eigenvalue weighted by Gasteiger charge is 2.29. The van der Waals surface area contributed by atoms with Crippen LogP contribution < -0.4 is 10.1 Å². The van der Waals surface area contributed by atoms with Gasteiger partial charge < -0.3 is 15.2 Å². The average molecular weight is 368 g/mol. The molecule has 2 heterocycles. The van der Waals surface area contributed by atoms with Crippen molar-refractivity contribution in [3.05, 3.63) is 29.3 Å². The van der Waals surface area contributed by atoms with Crippen LogP contribution in [0.15, 0.2) is 18.2 Å². The summed E-state index contributed by atoms with van der Waals surface area (Å²) in [6.45, 7) is 1.04. The first-order chi connectivity index (χ1) is 11.9. The van der Waals surface area contributed by atoms with E-state index in [4.69, 9.17) is 4.74 Å². The lowest BCUT2D eigenvalue weighted by Gasteiger charge is -2.17. The van der Waals surface area contributed by atoms with Crippen LogP contribution in [0.4, 0.5) is 0 Å². The molecule has 0 spiro atoms. The Morgan fingerprint density at radius 1 is 1.36 bits per heavy atom. The summed E-state index contributed by atoms with van der Waals surface area (Å²) in [6.07, 6.45) is 1.19. The number of nitrogens with one attached hydrogen (secondary N) is 1. The van der Waals surface area contributed by atoms with Crippen LogP contribution in [0, 0.1) is 0 Å². The minimum atomic E-state index is -3.26. The molecule has 0 saturated carbocycles. The number of rotatable bonds is 6. The van der Waals surface area contributed by atoms with Gasteiger partial charge in [-0.1, -0.05) is 6.07 Å². The molecule has 2 N–H and O–H groups in total. The molecule has 0 bridgehead atoms. The van der Waals surface area contributed by atoms with E-state index in [0.717, 1.165) is 11.3 Å². The van der Waals surface area contributed by atoms with Gasteiger partial charge in [0, 0.05) is 25.9 Å². The lowest BCUT2D eigenvalue weighted by molar-refractivity contribution is -0.142. The van der Waals surface area contributed by atoms with E-state index in [-0.39, 0.29) is 18.7 Å². The zero-order valence-electron chi connectivity index (χ0n) is 13.6. The Morgan fingerprint density at radius 3 is 2.84 bits per heavy atom. The molecule has 1 amide bonds. The van der Waals surface area contributed by atoms with Gasteiger partial charge in [-0.2, -0.15) is 0 Å². The van der Waals surface area contributed by atoms with Crippen LogP contribution in [-0.2, 0) is 26.0 Å². The van der Waals surface area contributed by atoms with Gasteiger partial charge in [0.25, 0.3) is 0 Å². The Balaban J connectivity index is 1.64. The van der Waals surface area contributed by atoms with Crippen molar-refractivity contribution >= 4 is 21.9 Å². The highest BCUT2D eigenvalue weighted by Crippen LogP contribution is 2.28. The predicted molar refractivity (Wildman–Crippen MR) is 88.8 cm³/mol. The summed E-state index contributed by atoms with van der Waals surface area (Å²) in [5.41, 5.74) is 1.39. The Labute approximate surface area is 145 Å². The lowest BCUT2D eigenvalue weighted by Crippen LogP contribution is -2.36. The second-order valence-electron chi connectivity index (χ2n) is 6.12. The summed E-state index contributed by atoms with van der Waals surface area (Å²) in [7, 11) is -3.26. The molecular weight excluding hydrogens is 348 g/mol. The molecule has 2 aliphatic rings. The number of carbonyl (C=O) groups excluding carboxylic acids is 1. The van der Waals surface area contributed by atoms with E-state index >= 15 is 0 Å². The zero-order valence-corrected chi connectivity index (χ0v) is 14.4. The monoisotopic (exact) mass is 368 g/mol. The third-order valence-corrected chi connectivity index (χ3v) is 6.35. The minimum absolute atomic E-state index is 0.0680. The number of aliphatic carboxylic acids is 1. The maximum atomic E-state index is 12.1. The molecule has 1 atom stereocenters. The van der Waals surface area contributed by atoms with Crippen molar-refractivity contribution in [2.45, 2.75) is 25.3 Å². The van der Waals surface area contributed by atoms with Gasteiger partial charge in [0.1, 0.15) is 5.75 Å². The first-order valence-corrected chi connectivity index (χ1v) is 9.73. The van der Waals surface area contributed by atoms with Crippen molar-refractivity contribution in [2.75, 3.05) is 25.4 Å². The molecule has 1 aromatic rings. The maximum Gasteiger partial charge on any atom is 0.330 e. The smallest absolute Gasteiger partial charge is 0.330 e. The van der Waals surface area contributed by atoms with E-state index in [1.165, 1.54) is 4.31 Å². The first-order valence-electron chi connectivity index (χ1n) is 8.12. The van der Waals surface area contributed by atoms with Crippen LogP contribution in [0.25, 0.3) is 0 Å². The van der Waals surface area contributed by atoms with Gasteiger partial charge in [-0.25, -0.2) is 17.5 Å². The second-order valence-corrected chi connectivity index (χ2v) is 8.21. The van der Waals surface area contributed by atoms with Gasteiger partial charge >= 0.3 is 5.97 Å². The summed E-state index contributed by atoms with van der Waals surface area (Å²) in [5.74, 6) is -0.825. The SMILES string of the molecule is O=C(CCN1CCCS1(=O)=O)NC(C(=O)O)c1ccc2c(c1)CCO2. The van der Waals surface area contributed by atoms with Crippen LogP contribution in [-0.4, -0.2) is 55.2 Å². The topological polar surface area (TPSA) is 113 Å². The number of carboxylic acid groups (broad SMARTS) is 1. The Hall–Kier alpha value is -2.13. The third kappa shape index (κ3) is 3.93. The molecule has 1 saturated heterocycles. The van der Waals surface area contributed by atoms with E-state index in [1.807, 2.05) is 0 Å². The van der Waals surface area contributed by atoms with Crippen molar-refractivity contribution in [1.82, 2.24) is 9.62 Å². The summed E-state index contributed by atoms with van der Waals surface area (Å²) < 4.78 is 30.1. The maximum absolute atomic E-state index is 12.1. The average Bonchev–Trinajstić information content (AvgIpc) is 3.15. The van der Waals surface area contributed by atoms with E-state index < -0.39 is 27.9 Å². The lowest BCUT2D eigenvalue weighted by atomic mass is 10.0. The van der Waals surface area contributed by atoms with Gasteiger partial charge in [-0.3, -0.25) is 4.79 Å². The molecule has 1 aromatic carbocycles. The number of carbonyl (C=O) groups is 2. The molecule has 3 rings (SSSR count). The number of hydrogen-bond donors (Lipinski definition) is 2. The summed E-state index contributed by atoms with van der Waals surface area (Å²) in [4.78, 5) is 23.7. The number of sulfonamides is 1. The summed E-state index contributed by atoms with van der Waals surface area (Å²) >= 11 is 0. The molecule has 1 unspecified atom stereocenters. The molecule has 136 valence electrons. The first kappa shape index (κ1) is 17.7. The van der Waals surface area contributed by atoms with Crippen LogP contribution in [0.1, 0.15) is 30.0 Å². The fraction of sp³-hybridized carbons (Fsp3) is 0.500. The molecule has 9 heteroatoms. The molecule has 8 nitrogen and oxygen atoms in total. The van der Waals surface area contributed by atoms with E-state index in [9.17, 15) is 23.1 Å². The Bertz CT molecular complexity index is 792. The van der Waals surface area contributed by atoms with Crippen LogP contribution in [0.5, 0.6) is 5.75 Å². The quantitative estimate of drug-likeness (QED) is 0.746. The molecule has 1 fully saturated rings. The van der Waals surface area contributed by atoms with Crippen molar-refractivity contribution in [3.8, 4) is 5.75 Å². The van der Waals surface area contributed by atoms with Crippen LogP contribution in [0.2, 0.25) is 0 Å². The zero-order chi connectivity index (χ0) is 18.0. The standard InChI is InChI=1S/C16H20N2O6S/c19-14(4-7-18-6-1-9-25(18,22)23)17-15(16(20)21)12-2-3-13-11(10-12)5-8-24-13/h2-3,10,15H,1,4-9H2,(H,17,19)(H,20,21). The highest BCUT2D eigenvalue weighted by atomic mass is 32.2. The van der Waals surface area contributed by atoms with Gasteiger partial charge in [0.05, 0.1) is 12.4 Å². The number of fused-ring (bicyclic) bond motifs is 1. The molecule has 25 heavy (non-hydrogen) atoms. The fourth-order valence-electron chi connectivity index (χ4n) is 3.08. The molecule has 2 aliphatic heterocycles. The number of benzene rings is 1. The van der Waals surface area contributed by atoms with Crippen molar-refractivity contribution in [3.63, 3.8) is 0 Å². The normalized spacial score (nSPS) is 19.8. The van der Waals surface area contributed by atoms with Crippen LogP contribution in [0.3, 0.4) is 0 Å². The minimum Gasteiger partial charge on any atom is -0.493 e. The number of nitrogens with zero attached hydrogens (tertiary/aromatic N) is 1. The van der Waals surface area contributed by atoms with Gasteiger partial charge in [0.15, 0.2) is 6.04 Å². The predicted octanol–water partition coefficient (Wildman–Crippen LogP) is 0.289. The molecule has 0 aliphatic carbocycles. The Morgan fingerprint density at radius 2 is 2.16 bits per heavy atom. The van der Waals surface area contributed by atoms with Gasteiger partial charge in [-0.15, -0.1) is 0 Å². The number of amides is 1. The summed E-state index contributed by atoms with van der Waals surface area (Å²) in [6, 6.07) is 3.88. The number of carboxylic acids is 1. The Kier molecular flexibility index (Phi) is 4.96. The van der Waals surface area contributed by atoms with E-state index in [1.54, 1.807) is 18.2 Å². The largest absolute Gasteiger partial charge is 0.493 e. The van der Waals surface area contributed by atoms with Crippen molar-refractivity contribution in [2.24, 2.45) is 0 Å². The number of hydrogen-bond acceptors (Lipinski definition) is 5.